The van der Waals surface area contributed by atoms with Crippen molar-refractivity contribution in [3.63, 3.8) is 0 Å². The highest BCUT2D eigenvalue weighted by atomic mass is 35.5. The Kier molecular flexibility index (Phi) is 10.5. The normalized spacial score (nSPS) is 17.4. The fourth-order valence-corrected chi connectivity index (χ4v) is 9.12. The number of anilines is 2. The maximum Gasteiger partial charge on any atom is 0.296 e. The number of hydrogen-bond donors (Lipinski definition) is 3. The van der Waals surface area contributed by atoms with Gasteiger partial charge in [-0.15, -0.1) is 0 Å². The van der Waals surface area contributed by atoms with Crippen molar-refractivity contribution in [2.24, 2.45) is 5.41 Å². The molecule has 3 aromatic carbocycles. The van der Waals surface area contributed by atoms with Crippen LogP contribution in [-0.2, 0) is 11.0 Å². The second-order valence-corrected chi connectivity index (χ2v) is 16.4. The van der Waals surface area contributed by atoms with Crippen molar-refractivity contribution in [2.45, 2.75) is 43.4 Å². The Morgan fingerprint density at radius 1 is 1.07 bits per heavy atom. The Labute approximate surface area is 330 Å². The molecule has 290 valence electrons. The van der Waals surface area contributed by atoms with Crippen LogP contribution in [0.5, 0.6) is 11.5 Å². The van der Waals surface area contributed by atoms with Gasteiger partial charge in [0.15, 0.2) is 16.8 Å². The maximum atomic E-state index is 14.7. The molecule has 1 saturated heterocycles. The summed E-state index contributed by atoms with van der Waals surface area (Å²) in [5.41, 5.74) is 5.37. The zero-order valence-electron chi connectivity index (χ0n) is 30.8. The molecule has 1 atom stereocenters. The van der Waals surface area contributed by atoms with Crippen molar-refractivity contribution in [2.75, 3.05) is 50.0 Å². The highest BCUT2D eigenvalue weighted by Crippen LogP contribution is 2.55. The van der Waals surface area contributed by atoms with Crippen LogP contribution in [0, 0.1) is 21.3 Å². The summed E-state index contributed by atoms with van der Waals surface area (Å²) in [5.74, 6) is -1.16. The summed E-state index contributed by atoms with van der Waals surface area (Å²) in [6, 6.07) is 19.0. The predicted molar refractivity (Wildman–Crippen MR) is 216 cm³/mol. The number of pyridine rings is 1. The standard InChI is InChI=1S/C41H41ClFN7O5S/c1-44-38-35(43)21-32(22-36(38)50(52)53)56(54)47-40(51)33-8-7-30(20-37(33)55-31-19-27-10-14-45-39(27)46-24-31)49-17-15-48(16-18-49)25-28-9-13-41(11-2-12-41)23-34(28)26-3-5-29(42)6-4-26/h3-8,10,14,19-22,24,44H,2,9,11-13,15-18,23,25H2,1H3,(H,45,46)(H,47,51). The molecule has 56 heavy (non-hydrogen) atoms. The number of piperazine rings is 1. The van der Waals surface area contributed by atoms with E-state index in [1.54, 1.807) is 30.6 Å². The fraction of sp³-hybridized carbons (Fsp3) is 0.317. The summed E-state index contributed by atoms with van der Waals surface area (Å²) < 4.78 is 36.7. The first-order valence-electron chi connectivity index (χ1n) is 18.7. The fourth-order valence-electron chi connectivity index (χ4n) is 8.17. The number of halogens is 2. The summed E-state index contributed by atoms with van der Waals surface area (Å²) >= 11 is 6.26. The molecule has 5 aromatic rings. The van der Waals surface area contributed by atoms with Gasteiger partial charge in [0.1, 0.15) is 22.8 Å². The molecule has 15 heteroatoms. The van der Waals surface area contributed by atoms with E-state index in [0.29, 0.717) is 16.8 Å². The third-order valence-electron chi connectivity index (χ3n) is 11.4. The molecule has 1 saturated carbocycles. The van der Waals surface area contributed by atoms with E-state index in [1.165, 1.54) is 49.4 Å². The van der Waals surface area contributed by atoms with Gasteiger partial charge in [0.2, 0.25) is 0 Å². The number of ether oxygens (including phenoxy) is 1. The van der Waals surface area contributed by atoms with Crippen LogP contribution in [0.3, 0.4) is 0 Å². The first kappa shape index (κ1) is 37.6. The molecule has 0 radical (unpaired) electrons. The molecule has 8 rings (SSSR count). The lowest BCUT2D eigenvalue weighted by atomic mass is 9.59. The van der Waals surface area contributed by atoms with Gasteiger partial charge >= 0.3 is 0 Å². The molecule has 0 bridgehead atoms. The van der Waals surface area contributed by atoms with Gasteiger partial charge in [-0.3, -0.25) is 24.5 Å². The van der Waals surface area contributed by atoms with Crippen LogP contribution in [0.4, 0.5) is 21.5 Å². The molecular weight excluding hydrogens is 757 g/mol. The Balaban J connectivity index is 1.01. The number of aromatic amines is 1. The number of carbonyl (C=O) groups excluding carboxylic acids is 1. The second-order valence-electron chi connectivity index (χ2n) is 14.8. The molecule has 1 spiro atoms. The van der Waals surface area contributed by atoms with E-state index in [1.807, 2.05) is 24.3 Å². The molecule has 12 nitrogen and oxygen atoms in total. The highest BCUT2D eigenvalue weighted by Gasteiger charge is 2.41. The second kappa shape index (κ2) is 15.7. The number of nitro groups is 1. The smallest absolute Gasteiger partial charge is 0.296 e. The van der Waals surface area contributed by atoms with Crippen molar-refractivity contribution in [3.8, 4) is 11.5 Å². The van der Waals surface area contributed by atoms with E-state index in [-0.39, 0.29) is 21.9 Å². The molecule has 2 fully saturated rings. The quantitative estimate of drug-likeness (QED) is 0.0885. The lowest BCUT2D eigenvalue weighted by Crippen LogP contribution is -2.47. The number of rotatable bonds is 11. The van der Waals surface area contributed by atoms with E-state index >= 15 is 0 Å². The van der Waals surface area contributed by atoms with Crippen molar-refractivity contribution >= 4 is 62.2 Å². The molecule has 3 N–H and O–H groups in total. The monoisotopic (exact) mass is 797 g/mol. The SMILES string of the molecule is CNc1c(F)cc(S(=O)NC(=O)c2ccc(N3CCN(CC4=C(c5ccc(Cl)cc5)CC5(CCC5)CC4)CC3)cc2Oc2cnc3[nH]ccc3c2)cc1[N+](=O)[O-]. The van der Waals surface area contributed by atoms with Crippen LogP contribution in [0.1, 0.15) is 54.4 Å². The summed E-state index contributed by atoms with van der Waals surface area (Å²) in [5, 5.41) is 15.6. The van der Waals surface area contributed by atoms with Gasteiger partial charge in [0.05, 0.1) is 21.6 Å². The number of allylic oxidation sites excluding steroid dienone is 1. The van der Waals surface area contributed by atoms with Crippen LogP contribution < -0.4 is 19.7 Å². The van der Waals surface area contributed by atoms with E-state index in [2.05, 4.69) is 41.9 Å². The Bertz CT molecular complexity index is 2370. The van der Waals surface area contributed by atoms with Crippen molar-refractivity contribution in [3.05, 3.63) is 117 Å². The molecule has 2 aromatic heterocycles. The van der Waals surface area contributed by atoms with Crippen molar-refractivity contribution < 1.29 is 23.1 Å². The van der Waals surface area contributed by atoms with E-state index in [4.69, 9.17) is 16.3 Å². The number of hydrogen-bond acceptors (Lipinski definition) is 9. The van der Waals surface area contributed by atoms with Gasteiger partial charge in [-0.05, 0) is 91.1 Å². The summed E-state index contributed by atoms with van der Waals surface area (Å²) in [7, 11) is -0.991. The Morgan fingerprint density at radius 3 is 2.57 bits per heavy atom. The van der Waals surface area contributed by atoms with Gasteiger partial charge in [-0.25, -0.2) is 13.6 Å². The number of H-pyrrole nitrogens is 1. The molecule has 3 aliphatic rings. The largest absolute Gasteiger partial charge is 0.455 e. The molecular formula is C41H41ClFN7O5S. The first-order chi connectivity index (χ1) is 27.1. The van der Waals surface area contributed by atoms with Gasteiger partial charge in [0.25, 0.3) is 11.6 Å². The van der Waals surface area contributed by atoms with E-state index in [9.17, 15) is 23.5 Å². The topological polar surface area (TPSA) is 146 Å². The van der Waals surface area contributed by atoms with Crippen LogP contribution in [0.2, 0.25) is 5.02 Å². The Hall–Kier alpha value is -5.31. The molecule has 2 aliphatic carbocycles. The Morgan fingerprint density at radius 2 is 1.86 bits per heavy atom. The number of nitrogens with zero attached hydrogens (tertiary/aromatic N) is 4. The molecule has 1 aliphatic heterocycles. The number of aromatic nitrogens is 2. The third-order valence-corrected chi connectivity index (χ3v) is 12.7. The zero-order valence-corrected chi connectivity index (χ0v) is 32.4. The number of benzene rings is 3. The average Bonchev–Trinajstić information content (AvgIpc) is 3.66. The van der Waals surface area contributed by atoms with Crippen LogP contribution in [-0.4, -0.2) is 69.7 Å². The van der Waals surface area contributed by atoms with Crippen LogP contribution >= 0.6 is 11.6 Å². The van der Waals surface area contributed by atoms with Crippen molar-refractivity contribution in [1.82, 2.24) is 19.6 Å². The third kappa shape index (κ3) is 7.73. The summed E-state index contributed by atoms with van der Waals surface area (Å²) in [6.45, 7) is 4.14. The molecule has 1 amide bonds. The summed E-state index contributed by atoms with van der Waals surface area (Å²) in [6.07, 6.45) is 10.7. The minimum absolute atomic E-state index is 0.0694. The molecule has 1 unspecified atom stereocenters. The van der Waals surface area contributed by atoms with E-state index < -0.39 is 33.3 Å². The lowest BCUT2D eigenvalue weighted by Gasteiger charge is -2.47. The van der Waals surface area contributed by atoms with E-state index in [0.717, 1.165) is 73.8 Å². The van der Waals surface area contributed by atoms with Crippen LogP contribution in [0.15, 0.2) is 89.6 Å². The lowest BCUT2D eigenvalue weighted by molar-refractivity contribution is -0.384. The van der Waals surface area contributed by atoms with Gasteiger partial charge in [0, 0.05) is 74.2 Å². The average molecular weight is 798 g/mol. The maximum absolute atomic E-state index is 14.7. The zero-order chi connectivity index (χ0) is 39.0. The van der Waals surface area contributed by atoms with Crippen LogP contribution in [0.25, 0.3) is 16.6 Å². The minimum atomic E-state index is -2.33. The minimum Gasteiger partial charge on any atom is -0.455 e. The van der Waals surface area contributed by atoms with Gasteiger partial charge in [-0.1, -0.05) is 35.7 Å². The highest BCUT2D eigenvalue weighted by molar-refractivity contribution is 7.83. The summed E-state index contributed by atoms with van der Waals surface area (Å²) in [4.78, 5) is 36.4. The number of fused-ring (bicyclic) bond motifs is 1. The molecule has 3 heterocycles. The van der Waals surface area contributed by atoms with Gasteiger partial charge < -0.3 is 19.9 Å². The number of nitro benzene ring substituents is 1. The number of nitrogens with one attached hydrogen (secondary N) is 3. The predicted octanol–water partition coefficient (Wildman–Crippen LogP) is 8.48. The first-order valence-corrected chi connectivity index (χ1v) is 20.2. The number of amides is 1. The van der Waals surface area contributed by atoms with Gasteiger partial charge in [-0.2, -0.15) is 0 Å². The van der Waals surface area contributed by atoms with Crippen molar-refractivity contribution in [1.29, 1.82) is 0 Å². The number of carbonyl (C=O) groups is 1.